The highest BCUT2D eigenvalue weighted by Crippen LogP contribution is 2.27. The maximum absolute atomic E-state index is 11.6. The smallest absolute Gasteiger partial charge is 0.175 e. The van der Waals surface area contributed by atoms with E-state index < -0.39 is 9.84 Å². The van der Waals surface area contributed by atoms with E-state index in [4.69, 9.17) is 5.73 Å². The summed E-state index contributed by atoms with van der Waals surface area (Å²) in [5, 5.41) is 0. The van der Waals surface area contributed by atoms with Gasteiger partial charge in [-0.1, -0.05) is 25.5 Å². The van der Waals surface area contributed by atoms with E-state index in [2.05, 4.69) is 6.92 Å². The molecule has 3 nitrogen and oxygen atoms in total. The lowest BCUT2D eigenvalue weighted by Crippen LogP contribution is -2.06. The van der Waals surface area contributed by atoms with Crippen molar-refractivity contribution in [3.63, 3.8) is 0 Å². The maximum atomic E-state index is 11.6. The van der Waals surface area contributed by atoms with Gasteiger partial charge in [0, 0.05) is 6.26 Å². The van der Waals surface area contributed by atoms with Gasteiger partial charge in [0.2, 0.25) is 0 Å². The Bertz CT molecular complexity index is 468. The molecule has 1 aromatic carbocycles. The van der Waals surface area contributed by atoms with E-state index >= 15 is 0 Å². The number of sulfone groups is 1. The van der Waals surface area contributed by atoms with E-state index in [1.54, 1.807) is 6.07 Å². The summed E-state index contributed by atoms with van der Waals surface area (Å²) in [6, 6.07) is 7.32. The second-order valence-electron chi connectivity index (χ2n) is 4.76. The molecule has 18 heavy (non-hydrogen) atoms. The van der Waals surface area contributed by atoms with Crippen LogP contribution in [0.1, 0.15) is 44.1 Å². The third-order valence-electron chi connectivity index (χ3n) is 3.15. The zero-order valence-electron chi connectivity index (χ0n) is 11.2. The zero-order chi connectivity index (χ0) is 13.6. The van der Waals surface area contributed by atoms with Crippen molar-refractivity contribution in [1.82, 2.24) is 0 Å². The molecule has 0 aromatic heterocycles. The van der Waals surface area contributed by atoms with Crippen molar-refractivity contribution in [3.8, 4) is 0 Å². The first-order chi connectivity index (χ1) is 8.49. The summed E-state index contributed by atoms with van der Waals surface area (Å²) in [5.41, 5.74) is 6.67. The molecule has 0 spiro atoms. The Balaban J connectivity index is 2.97. The lowest BCUT2D eigenvalue weighted by atomic mass is 9.90. The van der Waals surface area contributed by atoms with Crippen molar-refractivity contribution in [1.29, 1.82) is 0 Å². The van der Waals surface area contributed by atoms with Gasteiger partial charge in [0.15, 0.2) is 9.84 Å². The van der Waals surface area contributed by atoms with Gasteiger partial charge >= 0.3 is 0 Å². The van der Waals surface area contributed by atoms with Gasteiger partial charge in [0.25, 0.3) is 0 Å². The molecule has 0 amide bonds. The van der Waals surface area contributed by atoms with Crippen LogP contribution in [0.2, 0.25) is 0 Å². The molecule has 102 valence electrons. The van der Waals surface area contributed by atoms with Gasteiger partial charge in [-0.25, -0.2) is 8.42 Å². The van der Waals surface area contributed by atoms with Gasteiger partial charge in [0.05, 0.1) is 4.90 Å². The van der Waals surface area contributed by atoms with Crippen molar-refractivity contribution in [3.05, 3.63) is 29.8 Å². The normalized spacial score (nSPS) is 13.5. The van der Waals surface area contributed by atoms with Crippen LogP contribution in [0.5, 0.6) is 0 Å². The van der Waals surface area contributed by atoms with Gasteiger partial charge in [-0.3, -0.25) is 0 Å². The Labute approximate surface area is 110 Å². The minimum absolute atomic E-state index is 0.411. The standard InChI is InChI=1S/C14H23NO2S/c1-3-6-12(8-5-10-15)13-7-4-9-14(11-13)18(2,16)17/h4,7,9,11-12H,3,5-6,8,10,15H2,1-2H3. The molecule has 4 heteroatoms. The monoisotopic (exact) mass is 269 g/mol. The highest BCUT2D eigenvalue weighted by Gasteiger charge is 2.13. The Hall–Kier alpha value is -0.870. The van der Waals surface area contributed by atoms with E-state index in [0.29, 0.717) is 17.4 Å². The van der Waals surface area contributed by atoms with Crippen LogP contribution < -0.4 is 5.73 Å². The molecule has 0 saturated heterocycles. The van der Waals surface area contributed by atoms with Gasteiger partial charge < -0.3 is 5.73 Å². The maximum Gasteiger partial charge on any atom is 0.175 e. The predicted molar refractivity (Wildman–Crippen MR) is 75.5 cm³/mol. The molecule has 0 aliphatic heterocycles. The van der Waals surface area contributed by atoms with Crippen molar-refractivity contribution in [2.24, 2.45) is 5.73 Å². The van der Waals surface area contributed by atoms with Crippen LogP contribution in [0.3, 0.4) is 0 Å². The first-order valence-electron chi connectivity index (χ1n) is 6.49. The minimum Gasteiger partial charge on any atom is -0.330 e. The first kappa shape index (κ1) is 15.2. The SMILES string of the molecule is CCCC(CCCN)c1cccc(S(C)(=O)=O)c1. The van der Waals surface area contributed by atoms with Crippen molar-refractivity contribution >= 4 is 9.84 Å². The van der Waals surface area contributed by atoms with E-state index in [1.165, 1.54) is 6.26 Å². The Morgan fingerprint density at radius 1 is 1.28 bits per heavy atom. The van der Waals surface area contributed by atoms with Crippen LogP contribution in [0.15, 0.2) is 29.2 Å². The van der Waals surface area contributed by atoms with Crippen LogP contribution in [0.4, 0.5) is 0 Å². The molecule has 0 aliphatic rings. The van der Waals surface area contributed by atoms with E-state index in [1.807, 2.05) is 18.2 Å². The molecule has 0 bridgehead atoms. The molecule has 0 saturated carbocycles. The first-order valence-corrected chi connectivity index (χ1v) is 8.38. The average Bonchev–Trinajstić information content (AvgIpc) is 2.33. The van der Waals surface area contributed by atoms with E-state index in [0.717, 1.165) is 31.2 Å². The fourth-order valence-corrected chi connectivity index (χ4v) is 2.87. The molecule has 0 fully saturated rings. The lowest BCUT2D eigenvalue weighted by Gasteiger charge is -2.17. The highest BCUT2D eigenvalue weighted by atomic mass is 32.2. The zero-order valence-corrected chi connectivity index (χ0v) is 12.0. The molecule has 0 heterocycles. The summed E-state index contributed by atoms with van der Waals surface area (Å²) in [4.78, 5) is 0.411. The Morgan fingerprint density at radius 3 is 2.56 bits per heavy atom. The second-order valence-corrected chi connectivity index (χ2v) is 6.78. The summed E-state index contributed by atoms with van der Waals surface area (Å²) in [7, 11) is -3.12. The molecular formula is C14H23NO2S. The molecule has 1 atom stereocenters. The van der Waals surface area contributed by atoms with Crippen LogP contribution in [-0.2, 0) is 9.84 Å². The third-order valence-corrected chi connectivity index (χ3v) is 4.26. The fourth-order valence-electron chi connectivity index (χ4n) is 2.19. The molecule has 1 unspecified atom stereocenters. The van der Waals surface area contributed by atoms with Crippen LogP contribution >= 0.6 is 0 Å². The fraction of sp³-hybridized carbons (Fsp3) is 0.571. The molecular weight excluding hydrogens is 246 g/mol. The Kier molecular flexibility index (Phi) is 5.82. The van der Waals surface area contributed by atoms with Crippen molar-refractivity contribution < 1.29 is 8.42 Å². The number of nitrogens with two attached hydrogens (primary N) is 1. The quantitative estimate of drug-likeness (QED) is 0.828. The molecule has 1 aromatic rings. The summed E-state index contributed by atoms with van der Waals surface area (Å²) in [6.07, 6.45) is 5.43. The summed E-state index contributed by atoms with van der Waals surface area (Å²) < 4.78 is 23.1. The van der Waals surface area contributed by atoms with Gasteiger partial charge in [-0.15, -0.1) is 0 Å². The molecule has 2 N–H and O–H groups in total. The average molecular weight is 269 g/mol. The number of hydrogen-bond acceptors (Lipinski definition) is 3. The van der Waals surface area contributed by atoms with Gasteiger partial charge in [0.1, 0.15) is 0 Å². The van der Waals surface area contributed by atoms with Gasteiger partial charge in [-0.2, -0.15) is 0 Å². The number of rotatable bonds is 7. The summed E-state index contributed by atoms with van der Waals surface area (Å²) in [6.45, 7) is 2.84. The van der Waals surface area contributed by atoms with E-state index in [-0.39, 0.29) is 0 Å². The number of hydrogen-bond donors (Lipinski definition) is 1. The summed E-state index contributed by atoms with van der Waals surface area (Å²) >= 11 is 0. The lowest BCUT2D eigenvalue weighted by molar-refractivity contribution is 0.548. The largest absolute Gasteiger partial charge is 0.330 e. The van der Waals surface area contributed by atoms with Crippen LogP contribution in [0, 0.1) is 0 Å². The molecule has 0 aliphatic carbocycles. The molecule has 0 radical (unpaired) electrons. The Morgan fingerprint density at radius 2 is 2.00 bits per heavy atom. The summed E-state index contributed by atoms with van der Waals surface area (Å²) in [5.74, 6) is 0.417. The van der Waals surface area contributed by atoms with Crippen LogP contribution in [0.25, 0.3) is 0 Å². The minimum atomic E-state index is -3.12. The van der Waals surface area contributed by atoms with E-state index in [9.17, 15) is 8.42 Å². The van der Waals surface area contributed by atoms with Crippen molar-refractivity contribution in [2.75, 3.05) is 12.8 Å². The van der Waals surface area contributed by atoms with Gasteiger partial charge in [-0.05, 0) is 49.4 Å². The van der Waals surface area contributed by atoms with Crippen LogP contribution in [-0.4, -0.2) is 21.2 Å². The topological polar surface area (TPSA) is 60.2 Å². The second kappa shape index (κ2) is 6.90. The predicted octanol–water partition coefficient (Wildman–Crippen LogP) is 2.71. The molecule has 1 rings (SSSR count). The number of benzene rings is 1. The third kappa shape index (κ3) is 4.42. The highest BCUT2D eigenvalue weighted by molar-refractivity contribution is 7.90. The van der Waals surface area contributed by atoms with Crippen molar-refractivity contribution in [2.45, 2.75) is 43.4 Å².